The van der Waals surface area contributed by atoms with Crippen LogP contribution in [0.1, 0.15) is 53.4 Å². The molecule has 1 fully saturated rings. The first-order chi connectivity index (χ1) is 9.99. The molecule has 1 aliphatic heterocycles. The van der Waals surface area contributed by atoms with Crippen LogP contribution in [0.25, 0.3) is 0 Å². The van der Waals surface area contributed by atoms with Gasteiger partial charge in [0, 0.05) is 12.6 Å². The Labute approximate surface area is 128 Å². The molecule has 1 saturated heterocycles. The summed E-state index contributed by atoms with van der Waals surface area (Å²) in [5.74, 6) is -0.170. The van der Waals surface area contributed by atoms with E-state index in [0.717, 1.165) is 32.2 Å². The monoisotopic (exact) mass is 298 g/mol. The number of carbonyl (C=O) groups excluding carboxylic acids is 2. The largest absolute Gasteiger partial charge is 0.466 e. The highest BCUT2D eigenvalue weighted by molar-refractivity contribution is 5.81. The van der Waals surface area contributed by atoms with E-state index in [1.54, 1.807) is 0 Å². The predicted octanol–water partition coefficient (Wildman–Crippen LogP) is 1.95. The lowest BCUT2D eigenvalue weighted by atomic mass is 9.97. The first kappa shape index (κ1) is 18.0. The van der Waals surface area contributed by atoms with E-state index in [4.69, 9.17) is 4.74 Å². The maximum absolute atomic E-state index is 12.3. The van der Waals surface area contributed by atoms with Crippen LogP contribution in [0.5, 0.6) is 0 Å². The molecule has 0 spiro atoms. The van der Waals surface area contributed by atoms with E-state index in [1.165, 1.54) is 0 Å². The fourth-order valence-electron chi connectivity index (χ4n) is 2.85. The van der Waals surface area contributed by atoms with E-state index in [0.29, 0.717) is 13.2 Å². The molecule has 2 unspecified atom stereocenters. The summed E-state index contributed by atoms with van der Waals surface area (Å²) in [4.78, 5) is 26.2. The number of rotatable bonds is 7. The molecule has 1 N–H and O–H groups in total. The first-order valence-electron chi connectivity index (χ1n) is 8.20. The van der Waals surface area contributed by atoms with Crippen LogP contribution in [0.3, 0.4) is 0 Å². The molecule has 122 valence electrons. The number of esters is 1. The molecule has 1 rings (SSSR count). The zero-order valence-corrected chi connectivity index (χ0v) is 13.9. The summed E-state index contributed by atoms with van der Waals surface area (Å²) in [7, 11) is 0. The number of amides is 1. The number of nitrogens with one attached hydrogen (secondary N) is 1. The number of likely N-dealkylation sites (tertiary alicyclic amines) is 1. The molecular formula is C16H30N2O3. The van der Waals surface area contributed by atoms with Crippen LogP contribution in [0, 0.1) is 5.92 Å². The Balaban J connectivity index is 2.51. The number of ether oxygens (including phenoxy) is 1. The molecule has 0 aromatic rings. The summed E-state index contributed by atoms with van der Waals surface area (Å²) in [5, 5.41) is 3.05. The molecule has 1 amide bonds. The van der Waals surface area contributed by atoms with Crippen LogP contribution in [0.2, 0.25) is 0 Å². The summed E-state index contributed by atoms with van der Waals surface area (Å²) in [6.45, 7) is 9.79. The Morgan fingerprint density at radius 3 is 2.67 bits per heavy atom. The van der Waals surface area contributed by atoms with Gasteiger partial charge in [-0.05, 0) is 46.6 Å². The van der Waals surface area contributed by atoms with E-state index in [1.807, 2.05) is 20.8 Å². The fraction of sp³-hybridized carbons (Fsp3) is 0.875. The van der Waals surface area contributed by atoms with Crippen molar-refractivity contribution >= 4 is 11.9 Å². The zero-order valence-electron chi connectivity index (χ0n) is 13.9. The van der Waals surface area contributed by atoms with Gasteiger partial charge in [-0.15, -0.1) is 0 Å². The van der Waals surface area contributed by atoms with Gasteiger partial charge in [0.2, 0.25) is 5.91 Å². The van der Waals surface area contributed by atoms with Crippen LogP contribution in [0.4, 0.5) is 0 Å². The second-order valence-electron chi connectivity index (χ2n) is 5.96. The number of hydrogen-bond acceptors (Lipinski definition) is 4. The van der Waals surface area contributed by atoms with Crippen molar-refractivity contribution in [3.63, 3.8) is 0 Å². The van der Waals surface area contributed by atoms with Gasteiger partial charge < -0.3 is 10.1 Å². The highest BCUT2D eigenvalue weighted by Gasteiger charge is 2.31. The summed E-state index contributed by atoms with van der Waals surface area (Å²) in [6, 6.07) is 0.0112. The Kier molecular flexibility index (Phi) is 7.72. The molecule has 0 aliphatic carbocycles. The summed E-state index contributed by atoms with van der Waals surface area (Å²) >= 11 is 0. The number of piperidine rings is 1. The molecule has 5 nitrogen and oxygen atoms in total. The highest BCUT2D eigenvalue weighted by atomic mass is 16.5. The van der Waals surface area contributed by atoms with E-state index in [-0.39, 0.29) is 29.9 Å². The van der Waals surface area contributed by atoms with E-state index < -0.39 is 0 Å². The minimum atomic E-state index is -0.193. The third-order valence-corrected chi connectivity index (χ3v) is 4.11. The van der Waals surface area contributed by atoms with Crippen LogP contribution in [0.15, 0.2) is 0 Å². The smallest absolute Gasteiger partial charge is 0.310 e. The zero-order chi connectivity index (χ0) is 15.8. The lowest BCUT2D eigenvalue weighted by Gasteiger charge is -2.35. The quantitative estimate of drug-likeness (QED) is 0.730. The minimum absolute atomic E-state index is 0.0560. The molecule has 21 heavy (non-hydrogen) atoms. The molecule has 3 atom stereocenters. The molecule has 1 aliphatic rings. The number of hydrogen-bond donors (Lipinski definition) is 1. The van der Waals surface area contributed by atoms with E-state index in [2.05, 4.69) is 17.1 Å². The normalized spacial score (nSPS) is 22.4. The Bertz CT molecular complexity index is 346. The number of nitrogens with zero attached hydrogens (tertiary/aromatic N) is 1. The van der Waals surface area contributed by atoms with Crippen molar-refractivity contribution in [3.8, 4) is 0 Å². The number of carbonyl (C=O) groups is 2. The van der Waals surface area contributed by atoms with Crippen molar-refractivity contribution in [2.75, 3.05) is 19.7 Å². The second kappa shape index (κ2) is 9.03. The molecule has 1 heterocycles. The van der Waals surface area contributed by atoms with Gasteiger partial charge in [0.25, 0.3) is 0 Å². The maximum Gasteiger partial charge on any atom is 0.310 e. The lowest BCUT2D eigenvalue weighted by molar-refractivity contribution is -0.151. The SMILES string of the molecule is CCCC(C)NC(=O)C(C)N1CCC[C@H](C(=O)OCC)C1. The fourth-order valence-corrected chi connectivity index (χ4v) is 2.85. The van der Waals surface area contributed by atoms with Gasteiger partial charge in [-0.25, -0.2) is 0 Å². The second-order valence-corrected chi connectivity index (χ2v) is 5.96. The lowest BCUT2D eigenvalue weighted by Crippen LogP contribution is -2.51. The Morgan fingerprint density at radius 1 is 1.33 bits per heavy atom. The van der Waals surface area contributed by atoms with Gasteiger partial charge in [0.05, 0.1) is 18.6 Å². The van der Waals surface area contributed by atoms with Crippen molar-refractivity contribution in [3.05, 3.63) is 0 Å². The average molecular weight is 298 g/mol. The standard InChI is InChI=1S/C16H30N2O3/c1-5-8-12(3)17-15(19)13(4)18-10-7-9-14(11-18)16(20)21-6-2/h12-14H,5-11H2,1-4H3,(H,17,19)/t12?,13?,14-/m0/s1. The minimum Gasteiger partial charge on any atom is -0.466 e. The predicted molar refractivity (Wildman–Crippen MR) is 82.9 cm³/mol. The van der Waals surface area contributed by atoms with Gasteiger partial charge in [-0.1, -0.05) is 13.3 Å². The molecule has 0 aromatic carbocycles. The van der Waals surface area contributed by atoms with Crippen molar-refractivity contribution in [2.24, 2.45) is 5.92 Å². The van der Waals surface area contributed by atoms with Crippen LogP contribution in [-0.2, 0) is 14.3 Å². The van der Waals surface area contributed by atoms with Gasteiger partial charge in [-0.3, -0.25) is 14.5 Å². The van der Waals surface area contributed by atoms with Gasteiger partial charge in [0.1, 0.15) is 0 Å². The van der Waals surface area contributed by atoms with Crippen molar-refractivity contribution in [1.82, 2.24) is 10.2 Å². The van der Waals surface area contributed by atoms with Crippen molar-refractivity contribution < 1.29 is 14.3 Å². The van der Waals surface area contributed by atoms with Crippen LogP contribution < -0.4 is 5.32 Å². The van der Waals surface area contributed by atoms with Gasteiger partial charge in [-0.2, -0.15) is 0 Å². The Morgan fingerprint density at radius 2 is 2.05 bits per heavy atom. The molecule has 0 saturated carbocycles. The average Bonchev–Trinajstić information content (AvgIpc) is 2.47. The third kappa shape index (κ3) is 5.65. The maximum atomic E-state index is 12.3. The topological polar surface area (TPSA) is 58.6 Å². The van der Waals surface area contributed by atoms with E-state index >= 15 is 0 Å². The summed E-state index contributed by atoms with van der Waals surface area (Å²) in [5.41, 5.74) is 0. The molecule has 0 radical (unpaired) electrons. The third-order valence-electron chi connectivity index (χ3n) is 4.11. The summed E-state index contributed by atoms with van der Waals surface area (Å²) in [6.07, 6.45) is 3.84. The molecule has 0 bridgehead atoms. The molecule has 0 aromatic heterocycles. The van der Waals surface area contributed by atoms with Crippen molar-refractivity contribution in [1.29, 1.82) is 0 Å². The van der Waals surface area contributed by atoms with Crippen molar-refractivity contribution in [2.45, 2.75) is 65.5 Å². The summed E-state index contributed by atoms with van der Waals surface area (Å²) < 4.78 is 5.10. The van der Waals surface area contributed by atoms with Crippen LogP contribution >= 0.6 is 0 Å². The first-order valence-corrected chi connectivity index (χ1v) is 8.20. The van der Waals surface area contributed by atoms with E-state index in [9.17, 15) is 9.59 Å². The van der Waals surface area contributed by atoms with Gasteiger partial charge >= 0.3 is 5.97 Å². The van der Waals surface area contributed by atoms with Gasteiger partial charge in [0.15, 0.2) is 0 Å². The van der Waals surface area contributed by atoms with Crippen LogP contribution in [-0.4, -0.2) is 48.6 Å². The Hall–Kier alpha value is -1.10. The molecule has 5 heteroatoms. The molecular weight excluding hydrogens is 268 g/mol. The highest BCUT2D eigenvalue weighted by Crippen LogP contribution is 2.20.